The van der Waals surface area contributed by atoms with Crippen molar-refractivity contribution in [3.8, 4) is 0 Å². The maximum atomic E-state index is 6.34. The van der Waals surface area contributed by atoms with Crippen LogP contribution in [0.1, 0.15) is 35.6 Å². The van der Waals surface area contributed by atoms with Gasteiger partial charge in [0.05, 0.1) is 0 Å². The second kappa shape index (κ2) is 5.15. The Morgan fingerprint density at radius 1 is 0.882 bits per heavy atom. The monoisotopic (exact) mass is 225 g/mol. The van der Waals surface area contributed by atoms with Crippen molar-refractivity contribution in [3.05, 3.63) is 71.3 Å². The van der Waals surface area contributed by atoms with Crippen LogP contribution < -0.4 is 5.73 Å². The number of hydrogen-bond donors (Lipinski definition) is 1. The molecular weight excluding hydrogens is 206 g/mol. The molecule has 0 radical (unpaired) electrons. The summed E-state index contributed by atoms with van der Waals surface area (Å²) >= 11 is 0. The van der Waals surface area contributed by atoms with Gasteiger partial charge in [-0.2, -0.15) is 0 Å². The van der Waals surface area contributed by atoms with E-state index in [1.54, 1.807) is 0 Å². The Labute approximate surface area is 103 Å². The van der Waals surface area contributed by atoms with E-state index in [2.05, 4.69) is 50.2 Å². The molecule has 2 rings (SSSR count). The van der Waals surface area contributed by atoms with Crippen LogP contribution in [0.25, 0.3) is 0 Å². The van der Waals surface area contributed by atoms with Crippen molar-refractivity contribution < 1.29 is 0 Å². The first kappa shape index (κ1) is 11.9. The quantitative estimate of drug-likeness (QED) is 0.844. The van der Waals surface area contributed by atoms with E-state index in [0.717, 1.165) is 0 Å². The second-order valence-corrected chi connectivity index (χ2v) is 4.58. The molecule has 1 nitrogen and oxygen atoms in total. The highest BCUT2D eigenvalue weighted by Gasteiger charge is 2.17. The minimum Gasteiger partial charge on any atom is -0.323 e. The molecule has 88 valence electrons. The van der Waals surface area contributed by atoms with E-state index in [-0.39, 0.29) is 6.04 Å². The molecule has 2 aromatic rings. The first-order valence-corrected chi connectivity index (χ1v) is 6.06. The third-order valence-corrected chi connectivity index (χ3v) is 3.40. The van der Waals surface area contributed by atoms with Crippen LogP contribution in [-0.2, 0) is 0 Å². The average Bonchev–Trinajstić information content (AvgIpc) is 2.39. The van der Waals surface area contributed by atoms with Gasteiger partial charge in [-0.3, -0.25) is 0 Å². The molecule has 2 unspecified atom stereocenters. The molecule has 1 heteroatoms. The van der Waals surface area contributed by atoms with Crippen LogP contribution in [0.3, 0.4) is 0 Å². The number of aryl methyl sites for hydroxylation is 1. The minimum absolute atomic E-state index is 0.0531. The van der Waals surface area contributed by atoms with Crippen LogP contribution in [0.4, 0.5) is 0 Å². The molecule has 0 fully saturated rings. The lowest BCUT2D eigenvalue weighted by molar-refractivity contribution is 0.595. The van der Waals surface area contributed by atoms with Crippen LogP contribution in [0, 0.1) is 6.92 Å². The lowest BCUT2D eigenvalue weighted by atomic mass is 9.87. The minimum atomic E-state index is 0.0531. The fourth-order valence-corrected chi connectivity index (χ4v) is 2.26. The van der Waals surface area contributed by atoms with Crippen LogP contribution in [-0.4, -0.2) is 0 Å². The molecule has 0 aliphatic heterocycles. The van der Waals surface area contributed by atoms with Crippen molar-refractivity contribution >= 4 is 0 Å². The molecule has 2 atom stereocenters. The average molecular weight is 225 g/mol. The molecule has 0 heterocycles. The molecule has 0 saturated heterocycles. The number of hydrogen-bond acceptors (Lipinski definition) is 1. The molecule has 0 spiro atoms. The van der Waals surface area contributed by atoms with Gasteiger partial charge in [0.25, 0.3) is 0 Å². The van der Waals surface area contributed by atoms with E-state index in [1.165, 1.54) is 16.7 Å². The summed E-state index contributed by atoms with van der Waals surface area (Å²) in [5.41, 5.74) is 10.2. The zero-order valence-electron chi connectivity index (χ0n) is 10.4. The molecule has 2 aromatic carbocycles. The molecule has 0 aromatic heterocycles. The van der Waals surface area contributed by atoms with Gasteiger partial charge in [-0.1, -0.05) is 61.5 Å². The lowest BCUT2D eigenvalue weighted by Gasteiger charge is -2.22. The van der Waals surface area contributed by atoms with E-state index >= 15 is 0 Å². The highest BCUT2D eigenvalue weighted by atomic mass is 14.6. The molecule has 17 heavy (non-hydrogen) atoms. The van der Waals surface area contributed by atoms with E-state index in [0.29, 0.717) is 5.92 Å². The zero-order valence-corrected chi connectivity index (χ0v) is 10.4. The fourth-order valence-electron chi connectivity index (χ4n) is 2.26. The van der Waals surface area contributed by atoms with Gasteiger partial charge in [-0.15, -0.1) is 0 Å². The van der Waals surface area contributed by atoms with Crippen LogP contribution >= 0.6 is 0 Å². The molecule has 2 N–H and O–H groups in total. The van der Waals surface area contributed by atoms with Gasteiger partial charge in [0.2, 0.25) is 0 Å². The Bertz CT molecular complexity index is 476. The Hall–Kier alpha value is -1.60. The number of benzene rings is 2. The molecule has 0 amide bonds. The van der Waals surface area contributed by atoms with Crippen molar-refractivity contribution in [2.24, 2.45) is 5.73 Å². The first-order chi connectivity index (χ1) is 8.20. The highest BCUT2D eigenvalue weighted by Crippen LogP contribution is 2.30. The third-order valence-electron chi connectivity index (χ3n) is 3.40. The van der Waals surface area contributed by atoms with Gasteiger partial charge in [0.15, 0.2) is 0 Å². The molecular formula is C16H19N. The van der Waals surface area contributed by atoms with Gasteiger partial charge >= 0.3 is 0 Å². The van der Waals surface area contributed by atoms with Gasteiger partial charge in [0, 0.05) is 12.0 Å². The van der Waals surface area contributed by atoms with Crippen molar-refractivity contribution in [3.63, 3.8) is 0 Å². The maximum absolute atomic E-state index is 6.34. The van der Waals surface area contributed by atoms with Crippen LogP contribution in [0.2, 0.25) is 0 Å². The maximum Gasteiger partial charge on any atom is 0.0361 e. The summed E-state index contributed by atoms with van der Waals surface area (Å²) in [6.45, 7) is 4.34. The summed E-state index contributed by atoms with van der Waals surface area (Å²) in [6, 6.07) is 18.8. The highest BCUT2D eigenvalue weighted by molar-refractivity contribution is 5.32. The fraction of sp³-hybridized carbons (Fsp3) is 0.250. The first-order valence-electron chi connectivity index (χ1n) is 6.06. The largest absolute Gasteiger partial charge is 0.323 e. The summed E-state index contributed by atoms with van der Waals surface area (Å²) in [4.78, 5) is 0. The summed E-state index contributed by atoms with van der Waals surface area (Å²) in [6.07, 6.45) is 0. The topological polar surface area (TPSA) is 26.0 Å². The lowest BCUT2D eigenvalue weighted by Crippen LogP contribution is -2.18. The Morgan fingerprint density at radius 2 is 1.47 bits per heavy atom. The van der Waals surface area contributed by atoms with E-state index in [1.807, 2.05) is 18.2 Å². The number of rotatable bonds is 3. The normalized spacial score (nSPS) is 14.3. The van der Waals surface area contributed by atoms with Crippen LogP contribution in [0.15, 0.2) is 54.6 Å². The molecule has 0 saturated carbocycles. The zero-order chi connectivity index (χ0) is 12.3. The summed E-state index contributed by atoms with van der Waals surface area (Å²) < 4.78 is 0. The SMILES string of the molecule is Cc1ccccc1C(C)C(N)c1ccccc1. The summed E-state index contributed by atoms with van der Waals surface area (Å²) in [5.74, 6) is 0.332. The van der Waals surface area contributed by atoms with E-state index in [4.69, 9.17) is 5.73 Å². The molecule has 0 aliphatic rings. The van der Waals surface area contributed by atoms with Crippen molar-refractivity contribution in [2.75, 3.05) is 0 Å². The van der Waals surface area contributed by atoms with Crippen molar-refractivity contribution in [1.82, 2.24) is 0 Å². The standard InChI is InChI=1S/C16H19N/c1-12-8-6-7-11-15(12)13(2)16(17)14-9-4-3-5-10-14/h3-11,13,16H,17H2,1-2H3. The predicted molar refractivity (Wildman–Crippen MR) is 73.0 cm³/mol. The Morgan fingerprint density at radius 3 is 2.12 bits per heavy atom. The van der Waals surface area contributed by atoms with Crippen molar-refractivity contribution in [1.29, 1.82) is 0 Å². The summed E-state index contributed by atoms with van der Waals surface area (Å²) in [5, 5.41) is 0. The summed E-state index contributed by atoms with van der Waals surface area (Å²) in [7, 11) is 0. The Balaban J connectivity index is 2.27. The molecule has 0 aliphatic carbocycles. The Kier molecular flexibility index (Phi) is 3.60. The van der Waals surface area contributed by atoms with Gasteiger partial charge < -0.3 is 5.73 Å². The van der Waals surface area contributed by atoms with Gasteiger partial charge in [-0.05, 0) is 23.6 Å². The number of nitrogens with two attached hydrogens (primary N) is 1. The van der Waals surface area contributed by atoms with E-state index < -0.39 is 0 Å². The van der Waals surface area contributed by atoms with Crippen molar-refractivity contribution in [2.45, 2.75) is 25.8 Å². The van der Waals surface area contributed by atoms with Crippen LogP contribution in [0.5, 0.6) is 0 Å². The third kappa shape index (κ3) is 2.56. The second-order valence-electron chi connectivity index (χ2n) is 4.58. The molecule has 0 bridgehead atoms. The smallest absolute Gasteiger partial charge is 0.0361 e. The van der Waals surface area contributed by atoms with Gasteiger partial charge in [-0.25, -0.2) is 0 Å². The van der Waals surface area contributed by atoms with E-state index in [9.17, 15) is 0 Å². The predicted octanol–water partition coefficient (Wildman–Crippen LogP) is 3.80. The van der Waals surface area contributed by atoms with Gasteiger partial charge in [0.1, 0.15) is 0 Å².